The van der Waals surface area contributed by atoms with Crippen LogP contribution < -0.4 is 10.2 Å². The Bertz CT molecular complexity index is 503. The molecular formula is C13H19BrN4O2. The van der Waals surface area contributed by atoms with Crippen molar-refractivity contribution in [2.75, 3.05) is 24.5 Å². The van der Waals surface area contributed by atoms with Crippen LogP contribution in [0.3, 0.4) is 0 Å². The van der Waals surface area contributed by atoms with Crippen molar-refractivity contribution in [2.45, 2.75) is 32.7 Å². The standard InChI is InChI=1S/C13H19BrN4O2/c1-3-17(10-5-4-6-15-7-10)13-12(14)9(2)11(8-16-13)18(19)20/h8,10,15H,3-7H2,1-2H3. The number of anilines is 1. The van der Waals surface area contributed by atoms with Gasteiger partial charge in [0.2, 0.25) is 0 Å². The van der Waals surface area contributed by atoms with E-state index in [0.29, 0.717) is 11.6 Å². The predicted octanol–water partition coefficient (Wildman–Crippen LogP) is 2.64. The van der Waals surface area contributed by atoms with E-state index in [1.807, 2.05) is 0 Å². The fourth-order valence-electron chi connectivity index (χ4n) is 2.62. The smallest absolute Gasteiger partial charge is 0.291 e. The van der Waals surface area contributed by atoms with Crippen LogP contribution in [0, 0.1) is 17.0 Å². The molecule has 1 unspecified atom stereocenters. The lowest BCUT2D eigenvalue weighted by molar-refractivity contribution is -0.385. The van der Waals surface area contributed by atoms with Gasteiger partial charge in [0.1, 0.15) is 12.0 Å². The van der Waals surface area contributed by atoms with Gasteiger partial charge in [-0.05, 0) is 49.2 Å². The van der Waals surface area contributed by atoms with Crippen LogP contribution in [0.15, 0.2) is 10.7 Å². The third kappa shape index (κ3) is 2.93. The molecule has 6 nitrogen and oxygen atoms in total. The summed E-state index contributed by atoms with van der Waals surface area (Å²) in [6.07, 6.45) is 3.62. The van der Waals surface area contributed by atoms with E-state index in [1.54, 1.807) is 6.92 Å². The molecule has 0 aliphatic carbocycles. The van der Waals surface area contributed by atoms with E-state index in [2.05, 4.69) is 38.1 Å². The zero-order valence-electron chi connectivity index (χ0n) is 11.7. The van der Waals surface area contributed by atoms with Crippen molar-refractivity contribution in [3.63, 3.8) is 0 Å². The van der Waals surface area contributed by atoms with Gasteiger partial charge < -0.3 is 10.2 Å². The van der Waals surface area contributed by atoms with Crippen LogP contribution in [0.2, 0.25) is 0 Å². The Kier molecular flexibility index (Phi) is 4.93. The molecule has 1 aromatic heterocycles. The van der Waals surface area contributed by atoms with Gasteiger partial charge in [0.25, 0.3) is 5.69 Å². The lowest BCUT2D eigenvalue weighted by atomic mass is 10.1. The molecule has 1 N–H and O–H groups in total. The zero-order valence-corrected chi connectivity index (χ0v) is 13.3. The Labute approximate surface area is 126 Å². The summed E-state index contributed by atoms with van der Waals surface area (Å²) >= 11 is 3.48. The molecule has 7 heteroatoms. The lowest BCUT2D eigenvalue weighted by Crippen LogP contribution is -2.46. The lowest BCUT2D eigenvalue weighted by Gasteiger charge is -2.35. The van der Waals surface area contributed by atoms with Crippen molar-refractivity contribution in [3.05, 3.63) is 26.3 Å². The van der Waals surface area contributed by atoms with E-state index < -0.39 is 4.92 Å². The van der Waals surface area contributed by atoms with Gasteiger partial charge in [0, 0.05) is 24.7 Å². The first kappa shape index (κ1) is 15.2. The van der Waals surface area contributed by atoms with Gasteiger partial charge in [-0.25, -0.2) is 4.98 Å². The van der Waals surface area contributed by atoms with E-state index in [9.17, 15) is 10.1 Å². The summed E-state index contributed by atoms with van der Waals surface area (Å²) in [6, 6.07) is 0.387. The number of rotatable bonds is 4. The van der Waals surface area contributed by atoms with Gasteiger partial charge in [-0.2, -0.15) is 0 Å². The second-order valence-electron chi connectivity index (χ2n) is 4.95. The fourth-order valence-corrected chi connectivity index (χ4v) is 3.15. The Morgan fingerprint density at radius 2 is 2.40 bits per heavy atom. The predicted molar refractivity (Wildman–Crippen MR) is 82.2 cm³/mol. The van der Waals surface area contributed by atoms with Crippen LogP contribution in [-0.4, -0.2) is 35.6 Å². The molecule has 0 bridgehead atoms. The quantitative estimate of drug-likeness (QED) is 0.672. The molecule has 0 amide bonds. The summed E-state index contributed by atoms with van der Waals surface area (Å²) < 4.78 is 0.721. The van der Waals surface area contributed by atoms with Crippen molar-refractivity contribution in [1.29, 1.82) is 0 Å². The number of halogens is 1. The summed E-state index contributed by atoms with van der Waals surface area (Å²) in [5.74, 6) is 0.796. The van der Waals surface area contributed by atoms with E-state index in [-0.39, 0.29) is 5.69 Å². The third-order valence-electron chi connectivity index (χ3n) is 3.74. The summed E-state index contributed by atoms with van der Waals surface area (Å²) in [7, 11) is 0. The molecule has 0 spiro atoms. The Hall–Kier alpha value is -1.21. The molecule has 1 aliphatic heterocycles. The molecule has 2 heterocycles. The number of hydrogen-bond acceptors (Lipinski definition) is 5. The molecule has 0 saturated carbocycles. The van der Waals surface area contributed by atoms with E-state index in [0.717, 1.165) is 42.8 Å². The zero-order chi connectivity index (χ0) is 14.7. The number of nitrogens with one attached hydrogen (secondary N) is 1. The van der Waals surface area contributed by atoms with Crippen molar-refractivity contribution in [3.8, 4) is 0 Å². The SMILES string of the molecule is CCN(c1ncc([N+](=O)[O-])c(C)c1Br)C1CCCNC1. The van der Waals surface area contributed by atoms with Gasteiger partial charge in [-0.15, -0.1) is 0 Å². The number of pyridine rings is 1. The maximum absolute atomic E-state index is 10.9. The summed E-state index contributed by atoms with van der Waals surface area (Å²) in [4.78, 5) is 17.1. The molecule has 0 aromatic carbocycles. The maximum Gasteiger partial charge on any atom is 0.291 e. The van der Waals surface area contributed by atoms with Gasteiger partial charge in [0.05, 0.1) is 9.40 Å². The molecule has 0 radical (unpaired) electrons. The monoisotopic (exact) mass is 342 g/mol. The highest BCUT2D eigenvalue weighted by atomic mass is 79.9. The van der Waals surface area contributed by atoms with Gasteiger partial charge in [0.15, 0.2) is 0 Å². The average molecular weight is 343 g/mol. The van der Waals surface area contributed by atoms with Crippen LogP contribution >= 0.6 is 15.9 Å². The minimum absolute atomic E-state index is 0.0541. The Morgan fingerprint density at radius 1 is 1.65 bits per heavy atom. The molecule has 1 aliphatic rings. The molecule has 20 heavy (non-hydrogen) atoms. The third-order valence-corrected chi connectivity index (χ3v) is 4.69. The second kappa shape index (κ2) is 6.49. The number of aromatic nitrogens is 1. The molecule has 1 aromatic rings. The molecule has 2 rings (SSSR count). The summed E-state index contributed by atoms with van der Waals surface area (Å²) in [6.45, 7) is 6.65. The van der Waals surface area contributed by atoms with Crippen LogP contribution in [0.4, 0.5) is 11.5 Å². The normalized spacial score (nSPS) is 18.9. The van der Waals surface area contributed by atoms with Crippen molar-refractivity contribution in [2.24, 2.45) is 0 Å². The van der Waals surface area contributed by atoms with E-state index in [4.69, 9.17) is 0 Å². The first-order chi connectivity index (χ1) is 9.56. The van der Waals surface area contributed by atoms with Gasteiger partial charge in [-0.1, -0.05) is 0 Å². The van der Waals surface area contributed by atoms with E-state index in [1.165, 1.54) is 6.20 Å². The van der Waals surface area contributed by atoms with Crippen molar-refractivity contribution >= 4 is 27.4 Å². The highest BCUT2D eigenvalue weighted by Crippen LogP contribution is 2.34. The second-order valence-corrected chi connectivity index (χ2v) is 5.74. The van der Waals surface area contributed by atoms with Gasteiger partial charge in [-0.3, -0.25) is 10.1 Å². The summed E-state index contributed by atoms with van der Waals surface area (Å²) in [5.41, 5.74) is 0.681. The van der Waals surface area contributed by atoms with Crippen molar-refractivity contribution in [1.82, 2.24) is 10.3 Å². The number of nitrogens with zero attached hydrogens (tertiary/aromatic N) is 3. The first-order valence-corrected chi connectivity index (χ1v) is 7.62. The molecular weight excluding hydrogens is 324 g/mol. The number of piperidine rings is 1. The number of nitro groups is 1. The minimum atomic E-state index is -0.394. The maximum atomic E-state index is 10.9. The molecule has 1 fully saturated rings. The number of likely N-dealkylation sites (N-methyl/N-ethyl adjacent to an activating group) is 1. The Morgan fingerprint density at radius 3 is 2.95 bits per heavy atom. The Balaban J connectivity index is 2.34. The van der Waals surface area contributed by atoms with Crippen LogP contribution in [-0.2, 0) is 0 Å². The highest BCUT2D eigenvalue weighted by molar-refractivity contribution is 9.10. The summed E-state index contributed by atoms with van der Waals surface area (Å²) in [5, 5.41) is 14.3. The molecule has 1 atom stereocenters. The highest BCUT2D eigenvalue weighted by Gasteiger charge is 2.25. The van der Waals surface area contributed by atoms with Gasteiger partial charge >= 0.3 is 0 Å². The van der Waals surface area contributed by atoms with Crippen LogP contribution in [0.1, 0.15) is 25.3 Å². The average Bonchev–Trinajstić information content (AvgIpc) is 2.45. The molecule has 1 saturated heterocycles. The van der Waals surface area contributed by atoms with Crippen LogP contribution in [0.5, 0.6) is 0 Å². The number of hydrogen-bond donors (Lipinski definition) is 1. The van der Waals surface area contributed by atoms with Crippen molar-refractivity contribution < 1.29 is 4.92 Å². The van der Waals surface area contributed by atoms with Crippen LogP contribution in [0.25, 0.3) is 0 Å². The fraction of sp³-hybridized carbons (Fsp3) is 0.615. The first-order valence-electron chi connectivity index (χ1n) is 6.83. The largest absolute Gasteiger partial charge is 0.352 e. The topological polar surface area (TPSA) is 71.3 Å². The van der Waals surface area contributed by atoms with E-state index >= 15 is 0 Å². The minimum Gasteiger partial charge on any atom is -0.352 e. The molecule has 110 valence electrons.